The van der Waals surface area contributed by atoms with Gasteiger partial charge in [0.15, 0.2) is 5.72 Å². The predicted molar refractivity (Wildman–Crippen MR) is 146 cm³/mol. The Morgan fingerprint density at radius 1 is 1.00 bits per heavy atom. The predicted octanol–water partition coefficient (Wildman–Crippen LogP) is 5.40. The van der Waals surface area contributed by atoms with Crippen molar-refractivity contribution in [1.82, 2.24) is 4.90 Å². The maximum atomic E-state index is 14.3. The smallest absolute Gasteiger partial charge is 0.257 e. The normalized spacial score (nSPS) is 22.2. The van der Waals surface area contributed by atoms with E-state index >= 15 is 0 Å². The monoisotopic (exact) mass is 555 g/mol. The van der Waals surface area contributed by atoms with Crippen LogP contribution in [0.4, 0.5) is 0 Å². The second-order valence-electron chi connectivity index (χ2n) is 10.7. The Labute approximate surface area is 232 Å². The minimum absolute atomic E-state index is 0.00442. The van der Waals surface area contributed by atoms with Crippen LogP contribution in [-0.2, 0) is 16.1 Å². The highest BCUT2D eigenvalue weighted by Crippen LogP contribution is 2.53. The lowest BCUT2D eigenvalue weighted by molar-refractivity contribution is -0.137. The van der Waals surface area contributed by atoms with Crippen molar-refractivity contribution in [2.45, 2.75) is 44.1 Å². The average molecular weight is 556 g/mol. The standard InChI is InChI=1S/C30H31Cl2NO5/c1-19(20-3-8-23(31)9-4-20)33-27(36)25-15-22(28(2,37)16-34)7-12-26(25)30(33,21-5-10-24(32)11-6-21)38-18-29(17-35)13-14-29/h3-12,15,19,34-35,37H,13-14,16-18H2,1-2H3/t19-,28?,30+/m0/s1. The fourth-order valence-electron chi connectivity index (χ4n) is 5.17. The van der Waals surface area contributed by atoms with Gasteiger partial charge in [0, 0.05) is 32.2 Å². The molecule has 3 aromatic rings. The number of benzene rings is 3. The van der Waals surface area contributed by atoms with Crippen LogP contribution < -0.4 is 0 Å². The molecule has 1 fully saturated rings. The van der Waals surface area contributed by atoms with Crippen molar-refractivity contribution in [3.8, 4) is 0 Å². The van der Waals surface area contributed by atoms with Crippen molar-refractivity contribution in [2.24, 2.45) is 5.41 Å². The van der Waals surface area contributed by atoms with Crippen molar-refractivity contribution in [2.75, 3.05) is 19.8 Å². The molecule has 0 radical (unpaired) electrons. The highest BCUT2D eigenvalue weighted by molar-refractivity contribution is 6.30. The van der Waals surface area contributed by atoms with Gasteiger partial charge in [0.25, 0.3) is 5.91 Å². The summed E-state index contributed by atoms with van der Waals surface area (Å²) in [5.74, 6) is -0.276. The molecule has 0 spiro atoms. The average Bonchev–Trinajstić information content (AvgIpc) is 3.67. The van der Waals surface area contributed by atoms with Crippen LogP contribution in [0.5, 0.6) is 0 Å². The molecule has 200 valence electrons. The molecule has 1 unspecified atom stereocenters. The number of carbonyl (C=O) groups is 1. The molecule has 3 N–H and O–H groups in total. The lowest BCUT2D eigenvalue weighted by Crippen LogP contribution is -2.49. The van der Waals surface area contributed by atoms with E-state index in [0.717, 1.165) is 18.4 Å². The number of nitrogens with zero attached hydrogens (tertiary/aromatic N) is 1. The Kier molecular flexibility index (Phi) is 7.10. The van der Waals surface area contributed by atoms with E-state index in [1.54, 1.807) is 47.4 Å². The van der Waals surface area contributed by atoms with Gasteiger partial charge in [-0.3, -0.25) is 9.69 Å². The van der Waals surface area contributed by atoms with Gasteiger partial charge in [-0.1, -0.05) is 59.6 Å². The van der Waals surface area contributed by atoms with E-state index in [1.165, 1.54) is 6.92 Å². The highest BCUT2D eigenvalue weighted by atomic mass is 35.5. The third-order valence-electron chi connectivity index (χ3n) is 7.96. The summed E-state index contributed by atoms with van der Waals surface area (Å²) in [6.07, 6.45) is 1.68. The first-order valence-corrected chi connectivity index (χ1v) is 13.4. The van der Waals surface area contributed by atoms with Crippen molar-refractivity contribution >= 4 is 29.1 Å². The minimum atomic E-state index is -1.52. The Balaban J connectivity index is 1.74. The molecule has 1 aliphatic heterocycles. The van der Waals surface area contributed by atoms with Gasteiger partial charge < -0.3 is 20.1 Å². The maximum Gasteiger partial charge on any atom is 0.257 e. The van der Waals surface area contributed by atoms with E-state index in [9.17, 15) is 20.1 Å². The van der Waals surface area contributed by atoms with Crippen LogP contribution >= 0.6 is 23.2 Å². The summed E-state index contributed by atoms with van der Waals surface area (Å²) in [6, 6.07) is 19.3. The van der Waals surface area contributed by atoms with E-state index in [4.69, 9.17) is 27.9 Å². The van der Waals surface area contributed by atoms with Crippen LogP contribution in [0.3, 0.4) is 0 Å². The Morgan fingerprint density at radius 3 is 2.16 bits per heavy atom. The Morgan fingerprint density at radius 2 is 1.61 bits per heavy atom. The number of aliphatic hydroxyl groups excluding tert-OH is 2. The zero-order valence-electron chi connectivity index (χ0n) is 21.3. The molecule has 38 heavy (non-hydrogen) atoms. The number of aliphatic hydroxyl groups is 3. The van der Waals surface area contributed by atoms with E-state index in [0.29, 0.717) is 32.3 Å². The van der Waals surface area contributed by atoms with Crippen LogP contribution in [0.25, 0.3) is 0 Å². The van der Waals surface area contributed by atoms with Gasteiger partial charge in [-0.05, 0) is 68.1 Å². The Hall–Kier alpha value is -2.45. The fourth-order valence-corrected chi connectivity index (χ4v) is 5.42. The molecule has 1 heterocycles. The number of fused-ring (bicyclic) bond motifs is 1. The summed E-state index contributed by atoms with van der Waals surface area (Å²) in [4.78, 5) is 16.0. The molecule has 0 aromatic heterocycles. The number of hydrogen-bond donors (Lipinski definition) is 3. The fraction of sp³-hybridized carbons (Fsp3) is 0.367. The van der Waals surface area contributed by atoms with Crippen LogP contribution in [0, 0.1) is 5.41 Å². The first-order chi connectivity index (χ1) is 18.1. The van der Waals surface area contributed by atoms with Crippen molar-refractivity contribution in [3.05, 3.63) is 105 Å². The van der Waals surface area contributed by atoms with Crippen molar-refractivity contribution < 1.29 is 24.9 Å². The van der Waals surface area contributed by atoms with E-state index in [-0.39, 0.29) is 24.5 Å². The summed E-state index contributed by atoms with van der Waals surface area (Å²) < 4.78 is 6.83. The van der Waals surface area contributed by atoms with Crippen LogP contribution in [0.2, 0.25) is 10.0 Å². The molecule has 8 heteroatoms. The first-order valence-electron chi connectivity index (χ1n) is 12.7. The number of halogens is 2. The van der Waals surface area contributed by atoms with Gasteiger partial charge in [-0.25, -0.2) is 0 Å². The maximum absolute atomic E-state index is 14.3. The number of ether oxygens (including phenoxy) is 1. The van der Waals surface area contributed by atoms with Gasteiger partial charge in [-0.15, -0.1) is 0 Å². The molecule has 6 nitrogen and oxygen atoms in total. The minimum Gasteiger partial charge on any atom is -0.396 e. The molecule has 3 aromatic carbocycles. The van der Waals surface area contributed by atoms with Gasteiger partial charge in [0.2, 0.25) is 0 Å². The molecular weight excluding hydrogens is 525 g/mol. The molecule has 5 rings (SSSR count). The summed E-state index contributed by atoms with van der Waals surface area (Å²) in [7, 11) is 0. The van der Waals surface area contributed by atoms with Crippen molar-refractivity contribution in [3.63, 3.8) is 0 Å². The van der Waals surface area contributed by atoms with Crippen LogP contribution in [-0.4, -0.2) is 45.9 Å². The van der Waals surface area contributed by atoms with E-state index in [2.05, 4.69) is 0 Å². The van der Waals surface area contributed by atoms with Crippen LogP contribution in [0.15, 0.2) is 66.7 Å². The van der Waals surface area contributed by atoms with Gasteiger partial charge in [-0.2, -0.15) is 0 Å². The van der Waals surface area contributed by atoms with Crippen molar-refractivity contribution in [1.29, 1.82) is 0 Å². The molecule has 1 amide bonds. The molecule has 0 bridgehead atoms. The highest BCUT2D eigenvalue weighted by Gasteiger charge is 2.56. The molecular formula is C30H31Cl2NO5. The van der Waals surface area contributed by atoms with Gasteiger partial charge >= 0.3 is 0 Å². The summed E-state index contributed by atoms with van der Waals surface area (Å²) >= 11 is 12.4. The first kappa shape index (κ1) is 27.1. The lowest BCUT2D eigenvalue weighted by atomic mass is 9.88. The number of hydrogen-bond acceptors (Lipinski definition) is 5. The third kappa shape index (κ3) is 4.53. The molecule has 0 saturated heterocycles. The second kappa shape index (κ2) is 9.94. The topological polar surface area (TPSA) is 90.2 Å². The lowest BCUT2D eigenvalue weighted by Gasteiger charge is -2.43. The number of rotatable bonds is 9. The summed E-state index contributed by atoms with van der Waals surface area (Å²) in [6.45, 7) is 3.19. The quantitative estimate of drug-likeness (QED) is 0.329. The van der Waals surface area contributed by atoms with E-state index < -0.39 is 24.0 Å². The molecule has 3 atom stereocenters. The Bertz CT molecular complexity index is 1340. The number of carbonyl (C=O) groups excluding carboxylic acids is 1. The number of amides is 1. The molecule has 2 aliphatic rings. The molecule has 1 saturated carbocycles. The van der Waals surface area contributed by atoms with Gasteiger partial charge in [0.1, 0.15) is 5.60 Å². The third-order valence-corrected chi connectivity index (χ3v) is 8.46. The zero-order valence-corrected chi connectivity index (χ0v) is 22.8. The summed E-state index contributed by atoms with van der Waals surface area (Å²) in [5, 5.41) is 31.7. The van der Waals surface area contributed by atoms with E-state index in [1.807, 2.05) is 31.2 Å². The second-order valence-corrected chi connectivity index (χ2v) is 11.6. The largest absolute Gasteiger partial charge is 0.396 e. The van der Waals surface area contributed by atoms with Gasteiger partial charge in [0.05, 0.1) is 25.9 Å². The van der Waals surface area contributed by atoms with Crippen LogP contribution in [0.1, 0.15) is 65.3 Å². The SMILES string of the molecule is C[C@@H](c1ccc(Cl)cc1)N1C(=O)c2cc(C(C)(O)CO)ccc2[C@]1(OCC1(CO)CC1)c1ccc(Cl)cc1. The molecule has 1 aliphatic carbocycles. The summed E-state index contributed by atoms with van der Waals surface area (Å²) in [5.41, 5.74) is -0.201. The zero-order chi connectivity index (χ0) is 27.3.